The number of aromatic amines is 1. The van der Waals surface area contributed by atoms with Crippen LogP contribution in [0.5, 0.6) is 0 Å². The highest BCUT2D eigenvalue weighted by Gasteiger charge is 2.40. The second-order valence-corrected chi connectivity index (χ2v) is 10.3. The number of carbonyl (C=O) groups is 1. The Hall–Kier alpha value is -3.62. The van der Waals surface area contributed by atoms with Crippen LogP contribution in [0.2, 0.25) is 0 Å². The van der Waals surface area contributed by atoms with E-state index < -0.39 is 0 Å². The molecule has 5 heteroatoms. The lowest BCUT2D eigenvalue weighted by Crippen LogP contribution is -2.30. The lowest BCUT2D eigenvalue weighted by molar-refractivity contribution is 0.103. The first-order valence-corrected chi connectivity index (χ1v) is 12.3. The third kappa shape index (κ3) is 3.79. The maximum Gasteiger partial charge on any atom is 0.195 e. The van der Waals surface area contributed by atoms with E-state index in [0.29, 0.717) is 0 Å². The molecule has 178 valence electrons. The van der Waals surface area contributed by atoms with Gasteiger partial charge in [-0.3, -0.25) is 9.48 Å². The Morgan fingerprint density at radius 3 is 2.69 bits per heavy atom. The van der Waals surface area contributed by atoms with Gasteiger partial charge in [0.15, 0.2) is 5.78 Å². The quantitative estimate of drug-likeness (QED) is 0.389. The van der Waals surface area contributed by atoms with Crippen LogP contribution >= 0.6 is 0 Å². The van der Waals surface area contributed by atoms with Gasteiger partial charge in [-0.15, -0.1) is 6.42 Å². The van der Waals surface area contributed by atoms with E-state index in [0.717, 1.165) is 75.9 Å². The maximum absolute atomic E-state index is 13.8. The van der Waals surface area contributed by atoms with Gasteiger partial charge in [0.1, 0.15) is 0 Å². The molecule has 0 spiro atoms. The summed E-state index contributed by atoms with van der Waals surface area (Å²) in [6.45, 7) is 8.43. The molecule has 1 aliphatic rings. The average Bonchev–Trinajstić information content (AvgIpc) is 3.46. The van der Waals surface area contributed by atoms with E-state index in [1.54, 1.807) is 0 Å². The Balaban J connectivity index is 1.61. The lowest BCUT2D eigenvalue weighted by atomic mass is 9.70. The van der Waals surface area contributed by atoms with Gasteiger partial charge in [-0.25, -0.2) is 0 Å². The molecule has 1 N–H and O–H groups in total. The van der Waals surface area contributed by atoms with Gasteiger partial charge in [0.05, 0.1) is 11.8 Å². The second-order valence-electron chi connectivity index (χ2n) is 10.3. The molecule has 0 unspecified atom stereocenters. The molecule has 5 rings (SSSR count). The molecule has 4 aromatic rings. The first kappa shape index (κ1) is 23.1. The number of fused-ring (bicyclic) bond motifs is 4. The van der Waals surface area contributed by atoms with E-state index in [-0.39, 0.29) is 11.2 Å². The fourth-order valence-electron chi connectivity index (χ4n) is 5.35. The summed E-state index contributed by atoms with van der Waals surface area (Å²) in [6.07, 6.45) is 11.6. The summed E-state index contributed by atoms with van der Waals surface area (Å²) in [5, 5.41) is 5.55. The molecule has 0 fully saturated rings. The number of aryl methyl sites for hydroxylation is 2. The summed E-state index contributed by atoms with van der Waals surface area (Å²) in [5.41, 5.74) is 8.33. The van der Waals surface area contributed by atoms with E-state index in [1.165, 1.54) is 5.56 Å². The van der Waals surface area contributed by atoms with Crippen LogP contribution in [-0.2, 0) is 18.4 Å². The van der Waals surface area contributed by atoms with Crippen molar-refractivity contribution < 1.29 is 4.79 Å². The van der Waals surface area contributed by atoms with Crippen LogP contribution < -0.4 is 0 Å². The minimum absolute atomic E-state index is 0.0784. The summed E-state index contributed by atoms with van der Waals surface area (Å²) >= 11 is 0. The Kier molecular flexibility index (Phi) is 5.65. The molecule has 2 heterocycles. The standard InChI is InChI=1S/C30H32N4O/c1-7-19-10-11-22-26(14-19)32-29-27(22)28(35)24-15-20(8-2)23(16-25(24)30(29,3)4)21-17-31-34(18-21)13-9-12-33(5)6/h1,10-11,14-18,32H,8-9,12-13H2,2-6H3. The highest BCUT2D eigenvalue weighted by molar-refractivity contribution is 6.20. The molecule has 0 saturated heterocycles. The van der Waals surface area contributed by atoms with Crippen molar-refractivity contribution in [3.63, 3.8) is 0 Å². The monoisotopic (exact) mass is 464 g/mol. The summed E-state index contributed by atoms with van der Waals surface area (Å²) in [5.74, 6) is 2.77. The number of ketones is 1. The predicted molar refractivity (Wildman–Crippen MR) is 142 cm³/mol. The summed E-state index contributed by atoms with van der Waals surface area (Å²) in [7, 11) is 4.18. The Morgan fingerprint density at radius 1 is 1.17 bits per heavy atom. The molecule has 5 nitrogen and oxygen atoms in total. The van der Waals surface area contributed by atoms with E-state index in [2.05, 4.69) is 74.1 Å². The van der Waals surface area contributed by atoms with Crippen molar-refractivity contribution in [3.8, 4) is 23.5 Å². The zero-order valence-corrected chi connectivity index (χ0v) is 21.2. The Morgan fingerprint density at radius 2 is 1.97 bits per heavy atom. The lowest BCUT2D eigenvalue weighted by Gasteiger charge is -2.33. The number of hydrogen-bond donors (Lipinski definition) is 1. The number of carbonyl (C=O) groups excluding carboxylic acids is 1. The van der Waals surface area contributed by atoms with Crippen LogP contribution in [0, 0.1) is 12.3 Å². The number of nitrogens with one attached hydrogen (secondary N) is 1. The molecule has 0 aliphatic heterocycles. The molecule has 2 aromatic carbocycles. The molecule has 0 radical (unpaired) electrons. The van der Waals surface area contributed by atoms with Crippen molar-refractivity contribution in [1.82, 2.24) is 19.7 Å². The number of hydrogen-bond acceptors (Lipinski definition) is 3. The van der Waals surface area contributed by atoms with E-state index in [1.807, 2.05) is 29.1 Å². The SMILES string of the molecule is C#Cc1ccc2c3c([nH]c2c1)C(C)(C)c1cc(-c2cnn(CCCN(C)C)c2)c(CC)cc1C3=O. The second kappa shape index (κ2) is 8.55. The van der Waals surface area contributed by atoms with Crippen LogP contribution in [0.25, 0.3) is 22.0 Å². The zero-order chi connectivity index (χ0) is 24.9. The van der Waals surface area contributed by atoms with Crippen LogP contribution in [-0.4, -0.2) is 46.1 Å². The van der Waals surface area contributed by atoms with Crippen LogP contribution in [0.4, 0.5) is 0 Å². The van der Waals surface area contributed by atoms with E-state index in [9.17, 15) is 4.79 Å². The van der Waals surface area contributed by atoms with Gasteiger partial charge < -0.3 is 9.88 Å². The minimum Gasteiger partial charge on any atom is -0.357 e. The molecule has 35 heavy (non-hydrogen) atoms. The molecule has 0 amide bonds. The predicted octanol–water partition coefficient (Wildman–Crippen LogP) is 5.40. The van der Waals surface area contributed by atoms with Gasteiger partial charge in [-0.2, -0.15) is 5.10 Å². The number of rotatable bonds is 6. The van der Waals surface area contributed by atoms with Crippen molar-refractivity contribution in [3.05, 3.63) is 76.2 Å². The maximum atomic E-state index is 13.8. The summed E-state index contributed by atoms with van der Waals surface area (Å²) < 4.78 is 2.02. The van der Waals surface area contributed by atoms with Crippen LogP contribution in [0.15, 0.2) is 42.7 Å². The molecule has 2 aromatic heterocycles. The van der Waals surface area contributed by atoms with Crippen molar-refractivity contribution in [2.24, 2.45) is 0 Å². The normalized spacial score (nSPS) is 14.3. The Bertz CT molecular complexity index is 1490. The number of aromatic nitrogens is 3. The fraction of sp³-hybridized carbons (Fsp3) is 0.333. The molecule has 1 aliphatic carbocycles. The zero-order valence-electron chi connectivity index (χ0n) is 21.2. The highest BCUT2D eigenvalue weighted by atomic mass is 16.1. The van der Waals surface area contributed by atoms with Gasteiger partial charge in [-0.05, 0) is 74.4 Å². The highest BCUT2D eigenvalue weighted by Crippen LogP contribution is 2.45. The van der Waals surface area contributed by atoms with Crippen molar-refractivity contribution in [2.75, 3.05) is 20.6 Å². The topological polar surface area (TPSA) is 53.9 Å². The van der Waals surface area contributed by atoms with Crippen LogP contribution in [0.1, 0.15) is 65.5 Å². The molecular formula is C30H32N4O. The van der Waals surface area contributed by atoms with Gasteiger partial charge in [0.25, 0.3) is 0 Å². The third-order valence-corrected chi connectivity index (χ3v) is 7.30. The molecule has 0 saturated carbocycles. The number of terminal acetylenes is 1. The number of H-pyrrole nitrogens is 1. The Labute approximate surface area is 207 Å². The average molecular weight is 465 g/mol. The molecular weight excluding hydrogens is 432 g/mol. The summed E-state index contributed by atoms with van der Waals surface area (Å²) in [4.78, 5) is 19.6. The van der Waals surface area contributed by atoms with Crippen LogP contribution in [0.3, 0.4) is 0 Å². The van der Waals surface area contributed by atoms with Crippen molar-refractivity contribution in [1.29, 1.82) is 0 Å². The number of nitrogens with zero attached hydrogens (tertiary/aromatic N) is 3. The van der Waals surface area contributed by atoms with Gasteiger partial charge in [-0.1, -0.05) is 32.8 Å². The first-order chi connectivity index (χ1) is 16.7. The third-order valence-electron chi connectivity index (χ3n) is 7.30. The largest absolute Gasteiger partial charge is 0.357 e. The van der Waals surface area contributed by atoms with E-state index in [4.69, 9.17) is 6.42 Å². The smallest absolute Gasteiger partial charge is 0.195 e. The molecule has 0 bridgehead atoms. The molecule has 0 atom stereocenters. The minimum atomic E-state index is -0.364. The summed E-state index contributed by atoms with van der Waals surface area (Å²) in [6, 6.07) is 10.2. The van der Waals surface area contributed by atoms with Crippen molar-refractivity contribution in [2.45, 2.75) is 45.6 Å². The van der Waals surface area contributed by atoms with E-state index >= 15 is 0 Å². The van der Waals surface area contributed by atoms with Crippen molar-refractivity contribution >= 4 is 16.7 Å². The first-order valence-electron chi connectivity index (χ1n) is 12.3. The number of benzene rings is 2. The van der Waals surface area contributed by atoms with Gasteiger partial charge >= 0.3 is 0 Å². The van der Waals surface area contributed by atoms with Gasteiger partial charge in [0.2, 0.25) is 0 Å². The fourth-order valence-corrected chi connectivity index (χ4v) is 5.35. The van der Waals surface area contributed by atoms with Gasteiger partial charge in [0, 0.05) is 51.4 Å².